The van der Waals surface area contributed by atoms with E-state index in [0.717, 1.165) is 42.4 Å². The lowest BCUT2D eigenvalue weighted by molar-refractivity contribution is -0.150. The molecule has 1 atom stereocenters. The molecule has 0 saturated heterocycles. The molecule has 4 rings (SSSR count). The monoisotopic (exact) mass is 381 g/mol. The van der Waals surface area contributed by atoms with Gasteiger partial charge in [0.1, 0.15) is 0 Å². The van der Waals surface area contributed by atoms with Crippen molar-refractivity contribution in [1.82, 2.24) is 4.90 Å². The molecule has 3 nitrogen and oxygen atoms in total. The van der Waals surface area contributed by atoms with Gasteiger partial charge in [-0.3, -0.25) is 9.69 Å². The highest BCUT2D eigenvalue weighted by Crippen LogP contribution is 2.43. The van der Waals surface area contributed by atoms with E-state index in [1.165, 1.54) is 6.42 Å². The summed E-state index contributed by atoms with van der Waals surface area (Å²) >= 11 is 6.01. The second kappa shape index (κ2) is 7.14. The normalized spacial score (nSPS) is 23.6. The molecule has 1 aliphatic carbocycles. The van der Waals surface area contributed by atoms with Crippen LogP contribution >= 0.6 is 11.6 Å². The first-order valence-electron chi connectivity index (χ1n) is 9.61. The maximum Gasteiger partial charge on any atom is 0.257 e. The molecule has 4 heteroatoms. The Morgan fingerprint density at radius 3 is 2.26 bits per heavy atom. The Kier molecular flexibility index (Phi) is 4.83. The molecule has 2 aromatic rings. The molecule has 1 amide bonds. The first kappa shape index (κ1) is 18.3. The van der Waals surface area contributed by atoms with E-state index < -0.39 is 5.72 Å². The quantitative estimate of drug-likeness (QED) is 0.807. The third-order valence-electron chi connectivity index (χ3n) is 5.73. The van der Waals surface area contributed by atoms with Gasteiger partial charge in [-0.25, -0.2) is 0 Å². The number of nitrogens with zero attached hydrogens (tertiary/aromatic N) is 1. The number of carbonyl (C=O) groups excluding carboxylic acids is 1. The van der Waals surface area contributed by atoms with Gasteiger partial charge < -0.3 is 5.11 Å². The third kappa shape index (κ3) is 3.30. The SMILES string of the molecule is Cc1ccc(C2(O)C=C(c3ccc(Cl)cc3)C(=O)N2C2CCCCC2)cc1. The Bertz CT molecular complexity index is 866. The molecular formula is C23H24ClNO2. The highest BCUT2D eigenvalue weighted by molar-refractivity contribution is 6.30. The van der Waals surface area contributed by atoms with Crippen LogP contribution in [0.2, 0.25) is 5.02 Å². The first-order chi connectivity index (χ1) is 13.0. The van der Waals surface area contributed by atoms with E-state index in [0.29, 0.717) is 10.6 Å². The van der Waals surface area contributed by atoms with Gasteiger partial charge in [0.05, 0.1) is 0 Å². The van der Waals surface area contributed by atoms with E-state index in [-0.39, 0.29) is 11.9 Å². The topological polar surface area (TPSA) is 40.5 Å². The summed E-state index contributed by atoms with van der Waals surface area (Å²) in [5, 5.41) is 12.4. The van der Waals surface area contributed by atoms with E-state index in [2.05, 4.69) is 0 Å². The number of aryl methyl sites for hydroxylation is 1. The summed E-state index contributed by atoms with van der Waals surface area (Å²) in [6.45, 7) is 2.02. The zero-order chi connectivity index (χ0) is 19.0. The zero-order valence-electron chi connectivity index (χ0n) is 15.5. The molecule has 1 N–H and O–H groups in total. The third-order valence-corrected chi connectivity index (χ3v) is 5.99. The average molecular weight is 382 g/mol. The molecule has 2 aliphatic rings. The van der Waals surface area contributed by atoms with Crippen LogP contribution < -0.4 is 0 Å². The summed E-state index contributed by atoms with van der Waals surface area (Å²) in [5.74, 6) is -0.104. The fraction of sp³-hybridized carbons (Fsp3) is 0.348. The van der Waals surface area contributed by atoms with Crippen molar-refractivity contribution in [3.8, 4) is 0 Å². The van der Waals surface area contributed by atoms with Crippen molar-refractivity contribution in [3.63, 3.8) is 0 Å². The molecule has 0 aromatic heterocycles. The van der Waals surface area contributed by atoms with Gasteiger partial charge in [-0.05, 0) is 43.5 Å². The van der Waals surface area contributed by atoms with E-state index in [1.54, 1.807) is 23.1 Å². The Morgan fingerprint density at radius 1 is 1.00 bits per heavy atom. The molecule has 0 spiro atoms. The average Bonchev–Trinajstić information content (AvgIpc) is 2.95. The standard InChI is InChI=1S/C23H24ClNO2/c1-16-7-11-18(12-8-16)23(27)15-21(17-9-13-19(24)14-10-17)22(26)25(23)20-5-3-2-4-6-20/h7-15,20,27H,2-6H2,1H3. The van der Waals surface area contributed by atoms with Crippen LogP contribution in [0.15, 0.2) is 54.6 Å². The molecule has 1 heterocycles. The molecule has 1 aliphatic heterocycles. The number of aliphatic hydroxyl groups is 1. The van der Waals surface area contributed by atoms with Crippen molar-refractivity contribution in [2.45, 2.75) is 50.8 Å². The Balaban J connectivity index is 1.80. The van der Waals surface area contributed by atoms with Crippen molar-refractivity contribution < 1.29 is 9.90 Å². The zero-order valence-corrected chi connectivity index (χ0v) is 16.2. The molecule has 2 aromatic carbocycles. The smallest absolute Gasteiger partial charge is 0.257 e. The predicted molar refractivity (Wildman–Crippen MR) is 108 cm³/mol. The number of hydrogen-bond acceptors (Lipinski definition) is 2. The molecule has 1 unspecified atom stereocenters. The fourth-order valence-corrected chi connectivity index (χ4v) is 4.38. The van der Waals surface area contributed by atoms with Gasteiger partial charge in [0.15, 0.2) is 5.72 Å². The summed E-state index contributed by atoms with van der Waals surface area (Å²) in [6, 6.07) is 15.1. The van der Waals surface area contributed by atoms with Crippen molar-refractivity contribution in [1.29, 1.82) is 0 Å². The van der Waals surface area contributed by atoms with Crippen LogP contribution in [0, 0.1) is 6.92 Å². The highest BCUT2D eigenvalue weighted by Gasteiger charge is 2.48. The van der Waals surface area contributed by atoms with Gasteiger partial charge in [-0.2, -0.15) is 0 Å². The number of rotatable bonds is 3. The molecule has 140 valence electrons. The van der Waals surface area contributed by atoms with Crippen LogP contribution in [-0.2, 0) is 10.5 Å². The maximum atomic E-state index is 13.4. The van der Waals surface area contributed by atoms with Gasteiger partial charge in [0.2, 0.25) is 0 Å². The second-order valence-electron chi connectivity index (χ2n) is 7.62. The minimum atomic E-state index is -1.41. The summed E-state index contributed by atoms with van der Waals surface area (Å²) in [5.41, 5.74) is 1.77. The van der Waals surface area contributed by atoms with Crippen LogP contribution in [0.3, 0.4) is 0 Å². The van der Waals surface area contributed by atoms with E-state index in [9.17, 15) is 9.90 Å². The molecule has 27 heavy (non-hydrogen) atoms. The van der Waals surface area contributed by atoms with Crippen LogP contribution in [0.5, 0.6) is 0 Å². The lowest BCUT2D eigenvalue weighted by Gasteiger charge is -2.41. The Hall–Kier alpha value is -2.10. The minimum absolute atomic E-state index is 0.0543. The second-order valence-corrected chi connectivity index (χ2v) is 8.06. The first-order valence-corrected chi connectivity index (χ1v) is 9.99. The maximum absolute atomic E-state index is 13.4. The molecule has 0 bridgehead atoms. The number of benzene rings is 2. The van der Waals surface area contributed by atoms with E-state index >= 15 is 0 Å². The van der Waals surface area contributed by atoms with Gasteiger partial charge in [0.25, 0.3) is 5.91 Å². The summed E-state index contributed by atoms with van der Waals surface area (Å²) in [7, 11) is 0. The minimum Gasteiger partial charge on any atom is -0.363 e. The van der Waals surface area contributed by atoms with Gasteiger partial charge >= 0.3 is 0 Å². The van der Waals surface area contributed by atoms with Gasteiger partial charge in [0, 0.05) is 22.2 Å². The molecule has 1 fully saturated rings. The number of carbonyl (C=O) groups is 1. The molecular weight excluding hydrogens is 358 g/mol. The fourth-order valence-electron chi connectivity index (χ4n) is 4.26. The van der Waals surface area contributed by atoms with Crippen LogP contribution in [0.25, 0.3) is 5.57 Å². The Morgan fingerprint density at radius 2 is 1.63 bits per heavy atom. The predicted octanol–water partition coefficient (Wildman–Crippen LogP) is 5.05. The highest BCUT2D eigenvalue weighted by atomic mass is 35.5. The number of halogens is 1. The summed E-state index contributed by atoms with van der Waals surface area (Å²) < 4.78 is 0. The van der Waals surface area contributed by atoms with Crippen molar-refractivity contribution in [3.05, 3.63) is 76.3 Å². The largest absolute Gasteiger partial charge is 0.363 e. The summed E-state index contributed by atoms with van der Waals surface area (Å²) in [6.07, 6.45) is 6.96. The van der Waals surface area contributed by atoms with Crippen LogP contribution in [0.4, 0.5) is 0 Å². The number of hydrogen-bond donors (Lipinski definition) is 1. The van der Waals surface area contributed by atoms with E-state index in [4.69, 9.17) is 11.6 Å². The summed E-state index contributed by atoms with van der Waals surface area (Å²) in [4.78, 5) is 15.1. The van der Waals surface area contributed by atoms with E-state index in [1.807, 2.05) is 43.3 Å². The number of amides is 1. The van der Waals surface area contributed by atoms with Gasteiger partial charge in [-0.1, -0.05) is 72.8 Å². The van der Waals surface area contributed by atoms with Crippen molar-refractivity contribution in [2.75, 3.05) is 0 Å². The molecule has 1 saturated carbocycles. The van der Waals surface area contributed by atoms with Crippen LogP contribution in [0.1, 0.15) is 48.8 Å². The lowest BCUT2D eigenvalue weighted by atomic mass is 9.91. The lowest BCUT2D eigenvalue weighted by Crippen LogP contribution is -2.50. The Labute approximate surface area is 165 Å². The van der Waals surface area contributed by atoms with Crippen molar-refractivity contribution in [2.24, 2.45) is 0 Å². The van der Waals surface area contributed by atoms with Gasteiger partial charge in [-0.15, -0.1) is 0 Å². The van der Waals surface area contributed by atoms with Crippen molar-refractivity contribution >= 4 is 23.1 Å². The molecule has 0 radical (unpaired) electrons. The van der Waals surface area contributed by atoms with Crippen LogP contribution in [-0.4, -0.2) is 22.0 Å².